The average molecular weight is 293 g/mol. The van der Waals surface area contributed by atoms with Gasteiger partial charge in [0.25, 0.3) is 0 Å². The molecule has 104 valence electrons. The van der Waals surface area contributed by atoms with Crippen LogP contribution in [0.15, 0.2) is 34.5 Å². The number of ether oxygens (including phenoxy) is 1. The monoisotopic (exact) mass is 292 g/mol. The van der Waals surface area contributed by atoms with Crippen molar-refractivity contribution in [2.45, 2.75) is 20.3 Å². The normalized spacial score (nSPS) is 18.4. The van der Waals surface area contributed by atoms with Gasteiger partial charge in [-0.2, -0.15) is 10.2 Å². The smallest absolute Gasteiger partial charge is 0.328 e. The molecule has 1 aromatic carbocycles. The van der Waals surface area contributed by atoms with E-state index in [9.17, 15) is 9.59 Å². The Labute approximate surface area is 121 Å². The Kier molecular flexibility index (Phi) is 4.29. The fourth-order valence-electron chi connectivity index (χ4n) is 1.80. The van der Waals surface area contributed by atoms with E-state index in [1.54, 1.807) is 24.3 Å². The molecular formula is C14H13ClN2O3. The first-order valence-corrected chi connectivity index (χ1v) is 6.53. The highest BCUT2D eigenvalue weighted by atomic mass is 35.5. The lowest BCUT2D eigenvalue weighted by Gasteiger charge is -2.18. The van der Waals surface area contributed by atoms with Crippen LogP contribution >= 0.6 is 11.6 Å². The molecule has 2 rings (SSSR count). The maximum Gasteiger partial charge on any atom is 0.328 e. The molecule has 0 saturated carbocycles. The van der Waals surface area contributed by atoms with Crippen molar-refractivity contribution >= 4 is 34.8 Å². The lowest BCUT2D eigenvalue weighted by atomic mass is 9.93. The van der Waals surface area contributed by atoms with Gasteiger partial charge in [-0.25, -0.2) is 0 Å². The van der Waals surface area contributed by atoms with E-state index in [-0.39, 0.29) is 11.5 Å². The van der Waals surface area contributed by atoms with E-state index >= 15 is 0 Å². The molecule has 1 unspecified atom stereocenters. The second-order valence-corrected chi connectivity index (χ2v) is 4.74. The number of carbonyl (C=O) groups is 2. The molecule has 0 aliphatic carbocycles. The van der Waals surface area contributed by atoms with Crippen LogP contribution < -0.4 is 4.74 Å². The molecule has 0 N–H and O–H groups in total. The fraction of sp³-hybridized carbons (Fsp3) is 0.286. The van der Waals surface area contributed by atoms with Gasteiger partial charge in [0.05, 0.1) is 5.71 Å². The number of carbonyl (C=O) groups excluding carboxylic acids is 2. The summed E-state index contributed by atoms with van der Waals surface area (Å²) in [5.41, 5.74) is 0.625. The van der Waals surface area contributed by atoms with E-state index < -0.39 is 11.9 Å². The zero-order valence-corrected chi connectivity index (χ0v) is 11.8. The van der Waals surface area contributed by atoms with Crippen LogP contribution in [0.5, 0.6) is 5.75 Å². The highest BCUT2D eigenvalue weighted by Gasteiger charge is 2.36. The predicted octanol–water partition coefficient (Wildman–Crippen LogP) is 2.67. The van der Waals surface area contributed by atoms with Crippen molar-refractivity contribution in [3.8, 4) is 5.75 Å². The first kappa shape index (κ1) is 14.4. The molecule has 1 atom stereocenters. The van der Waals surface area contributed by atoms with E-state index in [2.05, 4.69) is 10.2 Å². The summed E-state index contributed by atoms with van der Waals surface area (Å²) in [7, 11) is 0. The van der Waals surface area contributed by atoms with E-state index in [4.69, 9.17) is 16.3 Å². The van der Waals surface area contributed by atoms with Crippen LogP contribution in [-0.4, -0.2) is 23.2 Å². The largest absolute Gasteiger partial charge is 0.426 e. The Balaban J connectivity index is 2.19. The summed E-state index contributed by atoms with van der Waals surface area (Å²) in [6.07, 6.45) is 0.461. The van der Waals surface area contributed by atoms with Crippen LogP contribution in [0, 0.1) is 5.92 Å². The van der Waals surface area contributed by atoms with Gasteiger partial charge in [-0.15, -0.1) is 0 Å². The molecule has 5 nitrogen and oxygen atoms in total. The molecule has 1 aliphatic heterocycles. The van der Waals surface area contributed by atoms with Crippen LogP contribution in [0.25, 0.3) is 0 Å². The number of nitrogens with zero attached hydrogens (tertiary/aromatic N) is 2. The topological polar surface area (TPSA) is 68.1 Å². The Hall–Kier alpha value is -2.01. The average Bonchev–Trinajstić information content (AvgIpc) is 2.44. The Morgan fingerprint density at radius 2 is 1.95 bits per heavy atom. The van der Waals surface area contributed by atoms with Crippen LogP contribution in [0.3, 0.4) is 0 Å². The second-order valence-electron chi connectivity index (χ2n) is 4.30. The minimum absolute atomic E-state index is 0.209. The Morgan fingerprint density at radius 1 is 1.30 bits per heavy atom. The third kappa shape index (κ3) is 2.93. The standard InChI is InChI=1S/C14H13ClN2O3/c1-3-11-12(13(18)8(2)16-17-11)14(19)20-10-6-4-9(15)5-7-10/h4-7,12H,3H2,1-2H3. The van der Waals surface area contributed by atoms with E-state index in [1.165, 1.54) is 6.92 Å². The molecule has 20 heavy (non-hydrogen) atoms. The molecule has 0 aromatic heterocycles. The zero-order chi connectivity index (χ0) is 14.7. The molecule has 6 heteroatoms. The van der Waals surface area contributed by atoms with Crippen LogP contribution in [0.1, 0.15) is 20.3 Å². The van der Waals surface area contributed by atoms with E-state index in [1.807, 2.05) is 6.92 Å². The summed E-state index contributed by atoms with van der Waals surface area (Å²) >= 11 is 5.76. The van der Waals surface area contributed by atoms with Crippen molar-refractivity contribution in [1.29, 1.82) is 0 Å². The van der Waals surface area contributed by atoms with Crippen LogP contribution in [-0.2, 0) is 9.59 Å². The number of hydrogen-bond donors (Lipinski definition) is 0. The van der Waals surface area contributed by atoms with Gasteiger partial charge in [0.2, 0.25) is 0 Å². The molecule has 1 heterocycles. The molecule has 0 fully saturated rings. The number of hydrogen-bond acceptors (Lipinski definition) is 5. The number of rotatable bonds is 3. The van der Waals surface area contributed by atoms with Crippen molar-refractivity contribution in [1.82, 2.24) is 0 Å². The molecule has 1 aromatic rings. The molecule has 0 amide bonds. The third-order valence-corrected chi connectivity index (χ3v) is 3.16. The highest BCUT2D eigenvalue weighted by molar-refractivity contribution is 6.48. The van der Waals surface area contributed by atoms with Gasteiger partial charge in [-0.05, 0) is 37.6 Å². The van der Waals surface area contributed by atoms with Gasteiger partial charge >= 0.3 is 5.97 Å². The van der Waals surface area contributed by atoms with E-state index in [0.717, 1.165) is 0 Å². The summed E-state index contributed by atoms with van der Waals surface area (Å²) < 4.78 is 5.21. The molecule has 0 saturated heterocycles. The van der Waals surface area contributed by atoms with Gasteiger partial charge in [0, 0.05) is 5.02 Å². The summed E-state index contributed by atoms with van der Waals surface area (Å²) in [6.45, 7) is 3.34. The highest BCUT2D eigenvalue weighted by Crippen LogP contribution is 2.19. The molecule has 0 bridgehead atoms. The van der Waals surface area contributed by atoms with Crippen molar-refractivity contribution in [2.24, 2.45) is 16.1 Å². The SMILES string of the molecule is CCC1=NN=C(C)C(=O)C1C(=O)Oc1ccc(Cl)cc1. The van der Waals surface area contributed by atoms with Crippen molar-refractivity contribution in [2.75, 3.05) is 0 Å². The minimum Gasteiger partial charge on any atom is -0.426 e. The van der Waals surface area contributed by atoms with Crippen LogP contribution in [0.2, 0.25) is 5.02 Å². The summed E-state index contributed by atoms with van der Waals surface area (Å²) in [5.74, 6) is -1.68. The molecule has 1 aliphatic rings. The maximum absolute atomic E-state index is 12.2. The van der Waals surface area contributed by atoms with Gasteiger partial charge in [-0.1, -0.05) is 18.5 Å². The van der Waals surface area contributed by atoms with E-state index in [0.29, 0.717) is 22.9 Å². The van der Waals surface area contributed by atoms with Crippen molar-refractivity contribution < 1.29 is 14.3 Å². The predicted molar refractivity (Wildman–Crippen MR) is 76.4 cm³/mol. The number of benzene rings is 1. The quantitative estimate of drug-likeness (QED) is 0.488. The van der Waals surface area contributed by atoms with Gasteiger partial charge < -0.3 is 4.74 Å². The lowest BCUT2D eigenvalue weighted by Crippen LogP contribution is -2.39. The third-order valence-electron chi connectivity index (χ3n) is 2.91. The summed E-state index contributed by atoms with van der Waals surface area (Å²) in [5, 5.41) is 8.18. The number of Topliss-reactive ketones (excluding diaryl/α,β-unsaturated/α-hetero) is 1. The first-order valence-electron chi connectivity index (χ1n) is 6.15. The van der Waals surface area contributed by atoms with Gasteiger partial charge in [-0.3, -0.25) is 9.59 Å². The maximum atomic E-state index is 12.2. The molecule has 0 spiro atoms. The van der Waals surface area contributed by atoms with Gasteiger partial charge in [0.1, 0.15) is 11.5 Å². The van der Waals surface area contributed by atoms with Crippen molar-refractivity contribution in [3.05, 3.63) is 29.3 Å². The number of ketones is 1. The first-order chi connectivity index (χ1) is 9.52. The minimum atomic E-state index is -1.01. The number of esters is 1. The second kappa shape index (κ2) is 5.96. The van der Waals surface area contributed by atoms with Crippen LogP contribution in [0.4, 0.5) is 0 Å². The zero-order valence-electron chi connectivity index (χ0n) is 11.1. The molecular weight excluding hydrogens is 280 g/mol. The summed E-state index contributed by atoms with van der Waals surface area (Å²) in [6, 6.07) is 6.34. The summed E-state index contributed by atoms with van der Waals surface area (Å²) in [4.78, 5) is 24.2. The molecule has 0 radical (unpaired) electrons. The fourth-order valence-corrected chi connectivity index (χ4v) is 1.93. The number of halogens is 1. The van der Waals surface area contributed by atoms with Crippen molar-refractivity contribution in [3.63, 3.8) is 0 Å². The van der Waals surface area contributed by atoms with Gasteiger partial charge in [0.15, 0.2) is 11.7 Å². The lowest BCUT2D eigenvalue weighted by molar-refractivity contribution is -0.139. The Morgan fingerprint density at radius 3 is 2.55 bits per heavy atom. The Bertz CT molecular complexity index is 605.